The number of nitrogens with zero attached hydrogens (tertiary/aromatic N) is 2. The number of hydrogen-bond acceptors (Lipinski definition) is 3. The zero-order valence-electron chi connectivity index (χ0n) is 13.3. The topological polar surface area (TPSA) is 15.7 Å². The zero-order chi connectivity index (χ0) is 16.0. The summed E-state index contributed by atoms with van der Waals surface area (Å²) < 4.78 is 5.91. The lowest BCUT2D eigenvalue weighted by Gasteiger charge is -2.45. The van der Waals surface area contributed by atoms with Crippen molar-refractivity contribution in [3.8, 4) is 5.75 Å². The van der Waals surface area contributed by atoms with E-state index in [1.807, 2.05) is 30.5 Å². The van der Waals surface area contributed by atoms with Crippen molar-refractivity contribution >= 4 is 23.6 Å². The highest BCUT2D eigenvalue weighted by Crippen LogP contribution is 2.33. The van der Waals surface area contributed by atoms with Gasteiger partial charge in [0.25, 0.3) is 0 Å². The molecule has 0 aliphatic carbocycles. The molecule has 2 aliphatic rings. The van der Waals surface area contributed by atoms with Crippen LogP contribution in [-0.4, -0.2) is 43.0 Å². The molecular formula is C19H19ClN2O. The normalized spacial score (nSPS) is 16.9. The zero-order valence-corrected chi connectivity index (χ0v) is 14.0. The largest absolute Gasteiger partial charge is 0.464 e. The van der Waals surface area contributed by atoms with E-state index in [0.717, 1.165) is 34.6 Å². The lowest BCUT2D eigenvalue weighted by atomic mass is 10.00. The number of fused-ring (bicyclic) bond motifs is 2. The van der Waals surface area contributed by atoms with E-state index in [0.29, 0.717) is 6.04 Å². The standard InChI is InChI=1S/C19H19ClN2O/c1-21(2)15-10-22(11-15)19-16-6-4-3-5-13(16)12-23-18-8-7-14(20)9-17(18)19/h3-9,12,15H,10-11H2,1-2H3. The summed E-state index contributed by atoms with van der Waals surface area (Å²) >= 11 is 6.26. The number of likely N-dealkylation sites (N-methyl/N-ethyl adjacent to an activating group) is 1. The van der Waals surface area contributed by atoms with Crippen molar-refractivity contribution < 1.29 is 4.74 Å². The molecule has 2 aliphatic heterocycles. The molecule has 1 fully saturated rings. The maximum atomic E-state index is 6.26. The smallest absolute Gasteiger partial charge is 0.135 e. The van der Waals surface area contributed by atoms with Gasteiger partial charge in [0.2, 0.25) is 0 Å². The van der Waals surface area contributed by atoms with E-state index in [4.69, 9.17) is 16.3 Å². The fourth-order valence-corrected chi connectivity index (χ4v) is 3.35. The minimum atomic E-state index is 0.588. The molecule has 2 aromatic carbocycles. The summed E-state index contributed by atoms with van der Waals surface area (Å²) in [5.41, 5.74) is 2.28. The first-order valence-corrected chi connectivity index (χ1v) is 8.19. The molecule has 0 saturated carbocycles. The molecule has 0 aromatic heterocycles. The summed E-state index contributed by atoms with van der Waals surface area (Å²) in [6.45, 7) is 2.03. The highest BCUT2D eigenvalue weighted by atomic mass is 35.5. The van der Waals surface area contributed by atoms with Crippen LogP contribution in [0, 0.1) is 0 Å². The second kappa shape index (κ2) is 5.59. The number of rotatable bonds is 2. The van der Waals surface area contributed by atoms with Crippen LogP contribution in [0.1, 0.15) is 5.56 Å². The van der Waals surface area contributed by atoms with Gasteiger partial charge in [0.15, 0.2) is 0 Å². The maximum absolute atomic E-state index is 6.26. The maximum Gasteiger partial charge on any atom is 0.135 e. The first-order chi connectivity index (χ1) is 11.1. The number of ether oxygens (including phenoxy) is 1. The summed E-state index contributed by atoms with van der Waals surface area (Å²) in [6.07, 6.45) is 1.83. The lowest BCUT2D eigenvalue weighted by molar-refractivity contribution is 0.115. The van der Waals surface area contributed by atoms with Crippen LogP contribution in [-0.2, 0) is 0 Å². The second-order valence-corrected chi connectivity index (χ2v) is 6.77. The Balaban J connectivity index is 1.91. The van der Waals surface area contributed by atoms with Gasteiger partial charge in [-0.2, -0.15) is 0 Å². The van der Waals surface area contributed by atoms with Crippen molar-refractivity contribution in [1.82, 2.24) is 9.80 Å². The lowest BCUT2D eigenvalue weighted by Crippen LogP contribution is -2.57. The molecule has 0 amide bonds. The van der Waals surface area contributed by atoms with Crippen molar-refractivity contribution in [3.63, 3.8) is 0 Å². The fourth-order valence-electron chi connectivity index (χ4n) is 3.18. The molecule has 0 radical (unpaired) electrons. The third-order valence-electron chi connectivity index (χ3n) is 4.63. The average Bonchev–Trinajstić information content (AvgIpc) is 2.63. The predicted octanol–water partition coefficient (Wildman–Crippen LogP) is 1.87. The van der Waals surface area contributed by atoms with Crippen molar-refractivity contribution in [1.29, 1.82) is 0 Å². The SMILES string of the molecule is CN(C)C1CN(C2=c3ccccc3=COc3ccc(Cl)cc32)C1. The molecular weight excluding hydrogens is 308 g/mol. The Labute approximate surface area is 141 Å². The van der Waals surface area contributed by atoms with Crippen LogP contribution < -0.4 is 15.2 Å². The van der Waals surface area contributed by atoms with Crippen molar-refractivity contribution in [2.24, 2.45) is 0 Å². The third-order valence-corrected chi connectivity index (χ3v) is 4.87. The molecule has 0 N–H and O–H groups in total. The van der Waals surface area contributed by atoms with Crippen LogP contribution in [0.2, 0.25) is 5.02 Å². The van der Waals surface area contributed by atoms with E-state index in [9.17, 15) is 0 Å². The quantitative estimate of drug-likeness (QED) is 0.838. The highest BCUT2D eigenvalue weighted by Gasteiger charge is 2.32. The summed E-state index contributed by atoms with van der Waals surface area (Å²) in [4.78, 5) is 4.70. The Morgan fingerprint density at radius 3 is 2.70 bits per heavy atom. The minimum Gasteiger partial charge on any atom is -0.464 e. The van der Waals surface area contributed by atoms with E-state index in [2.05, 4.69) is 42.1 Å². The van der Waals surface area contributed by atoms with Gasteiger partial charge in [-0.05, 0) is 32.3 Å². The van der Waals surface area contributed by atoms with Crippen LogP contribution >= 0.6 is 11.6 Å². The first kappa shape index (κ1) is 14.6. The van der Waals surface area contributed by atoms with E-state index in [-0.39, 0.29) is 0 Å². The van der Waals surface area contributed by atoms with Crippen LogP contribution in [0.15, 0.2) is 42.5 Å². The Morgan fingerprint density at radius 1 is 1.13 bits per heavy atom. The molecule has 1 saturated heterocycles. The number of benzene rings is 2. The van der Waals surface area contributed by atoms with Crippen LogP contribution in [0.3, 0.4) is 0 Å². The number of hydrogen-bond donors (Lipinski definition) is 0. The summed E-state index contributed by atoms with van der Waals surface area (Å²) in [5, 5.41) is 3.03. The minimum absolute atomic E-state index is 0.588. The molecule has 2 heterocycles. The van der Waals surface area contributed by atoms with E-state index >= 15 is 0 Å². The molecule has 118 valence electrons. The van der Waals surface area contributed by atoms with Crippen molar-refractivity contribution in [3.05, 3.63) is 63.5 Å². The van der Waals surface area contributed by atoms with Gasteiger partial charge in [-0.3, -0.25) is 0 Å². The molecule has 4 rings (SSSR count). The predicted molar refractivity (Wildman–Crippen MR) is 93.8 cm³/mol. The summed E-state index contributed by atoms with van der Waals surface area (Å²) in [6, 6.07) is 14.8. The fraction of sp³-hybridized carbons (Fsp3) is 0.263. The summed E-state index contributed by atoms with van der Waals surface area (Å²) in [7, 11) is 4.27. The summed E-state index contributed by atoms with van der Waals surface area (Å²) in [5.74, 6) is 0.855. The van der Waals surface area contributed by atoms with Gasteiger partial charge in [0, 0.05) is 40.2 Å². The second-order valence-electron chi connectivity index (χ2n) is 6.33. The van der Waals surface area contributed by atoms with Crippen molar-refractivity contribution in [2.45, 2.75) is 6.04 Å². The molecule has 2 aromatic rings. The van der Waals surface area contributed by atoms with Gasteiger partial charge < -0.3 is 14.5 Å². The molecule has 4 heteroatoms. The molecule has 0 unspecified atom stereocenters. The van der Waals surface area contributed by atoms with Crippen molar-refractivity contribution in [2.75, 3.05) is 27.2 Å². The molecule has 23 heavy (non-hydrogen) atoms. The van der Waals surface area contributed by atoms with Gasteiger partial charge in [0.1, 0.15) is 5.75 Å². The van der Waals surface area contributed by atoms with Crippen LogP contribution in [0.25, 0.3) is 12.0 Å². The monoisotopic (exact) mass is 326 g/mol. The third kappa shape index (κ3) is 2.50. The van der Waals surface area contributed by atoms with Gasteiger partial charge in [-0.1, -0.05) is 35.9 Å². The Kier molecular flexibility index (Phi) is 3.55. The van der Waals surface area contributed by atoms with Crippen LogP contribution in [0.5, 0.6) is 5.75 Å². The van der Waals surface area contributed by atoms with Gasteiger partial charge in [-0.25, -0.2) is 0 Å². The van der Waals surface area contributed by atoms with E-state index in [1.165, 1.54) is 10.9 Å². The van der Waals surface area contributed by atoms with Crippen LogP contribution in [0.4, 0.5) is 0 Å². The Bertz CT molecular complexity index is 869. The van der Waals surface area contributed by atoms with Gasteiger partial charge in [0.05, 0.1) is 12.0 Å². The number of halogens is 1. The number of likely N-dealkylation sites (tertiary alicyclic amines) is 1. The van der Waals surface area contributed by atoms with Gasteiger partial charge >= 0.3 is 0 Å². The van der Waals surface area contributed by atoms with Gasteiger partial charge in [-0.15, -0.1) is 0 Å². The Morgan fingerprint density at radius 2 is 1.91 bits per heavy atom. The molecule has 0 bridgehead atoms. The average molecular weight is 327 g/mol. The van der Waals surface area contributed by atoms with E-state index < -0.39 is 0 Å². The molecule has 3 nitrogen and oxygen atoms in total. The molecule has 0 atom stereocenters. The van der Waals surface area contributed by atoms with E-state index in [1.54, 1.807) is 0 Å². The highest BCUT2D eigenvalue weighted by molar-refractivity contribution is 6.30. The Hall–Kier alpha value is -1.97. The molecule has 0 spiro atoms. The first-order valence-electron chi connectivity index (χ1n) is 7.81.